The largest absolute Gasteiger partial charge is 0.389 e. The Hall–Kier alpha value is -1.81. The van der Waals surface area contributed by atoms with E-state index < -0.39 is 5.60 Å². The molecule has 2 rings (SSSR count). The first kappa shape index (κ1) is 15.6. The minimum atomic E-state index is -0.859. The maximum Gasteiger partial charge on any atom is 0.222 e. The van der Waals surface area contributed by atoms with Crippen LogP contribution in [-0.4, -0.2) is 40.1 Å². The van der Waals surface area contributed by atoms with Crippen LogP contribution < -0.4 is 0 Å². The van der Waals surface area contributed by atoms with E-state index in [4.69, 9.17) is 0 Å². The number of aliphatic hydroxyl groups is 1. The van der Waals surface area contributed by atoms with Crippen LogP contribution in [0.4, 0.5) is 0 Å². The van der Waals surface area contributed by atoms with Crippen LogP contribution in [0.5, 0.6) is 0 Å². The lowest BCUT2D eigenvalue weighted by Gasteiger charge is -2.25. The van der Waals surface area contributed by atoms with Gasteiger partial charge in [-0.1, -0.05) is 18.2 Å². The minimum Gasteiger partial charge on any atom is -0.389 e. The predicted octanol–water partition coefficient (Wildman–Crippen LogP) is 2.64. The molecule has 0 atom stereocenters. The number of likely N-dealkylation sites (N-methyl/N-ethyl adjacent to an activating group) is 1. The molecular weight excluding hydrogens is 264 g/mol. The summed E-state index contributed by atoms with van der Waals surface area (Å²) in [6, 6.07) is 6.20. The summed E-state index contributed by atoms with van der Waals surface area (Å²) in [5.74, 6) is 0.0547. The summed E-state index contributed by atoms with van der Waals surface area (Å²) in [7, 11) is 1.74. The Balaban J connectivity index is 2.02. The summed E-state index contributed by atoms with van der Waals surface area (Å²) in [5, 5.41) is 11.0. The Labute approximate surface area is 125 Å². The molecule has 0 saturated carbocycles. The second-order valence-corrected chi connectivity index (χ2v) is 6.37. The molecule has 0 spiro atoms. The van der Waals surface area contributed by atoms with Gasteiger partial charge in [-0.15, -0.1) is 0 Å². The number of aromatic nitrogens is 1. The number of carbonyl (C=O) groups excluding carboxylic acids is 1. The van der Waals surface area contributed by atoms with Gasteiger partial charge in [-0.25, -0.2) is 0 Å². The van der Waals surface area contributed by atoms with Crippen molar-refractivity contribution in [2.45, 2.75) is 39.2 Å². The number of amides is 1. The van der Waals surface area contributed by atoms with E-state index in [1.54, 1.807) is 25.8 Å². The molecular formula is C17H24N2O2. The van der Waals surface area contributed by atoms with Crippen LogP contribution in [0.1, 0.15) is 31.4 Å². The van der Waals surface area contributed by atoms with Gasteiger partial charge >= 0.3 is 0 Å². The summed E-state index contributed by atoms with van der Waals surface area (Å²) < 4.78 is 0. The first-order valence-electron chi connectivity index (χ1n) is 7.30. The van der Waals surface area contributed by atoms with Gasteiger partial charge in [0.2, 0.25) is 5.91 Å². The molecule has 1 amide bonds. The number of aryl methyl sites for hydroxylation is 2. The SMILES string of the molecule is Cc1cccc2c(CCC(=O)N(C)CC(C)(C)O)c[nH]c12. The zero-order chi connectivity index (χ0) is 15.6. The minimum absolute atomic E-state index is 0.0547. The van der Waals surface area contributed by atoms with Crippen molar-refractivity contribution in [2.75, 3.05) is 13.6 Å². The van der Waals surface area contributed by atoms with Gasteiger partial charge < -0.3 is 15.0 Å². The van der Waals surface area contributed by atoms with Crippen LogP contribution in [0, 0.1) is 6.92 Å². The van der Waals surface area contributed by atoms with E-state index in [1.165, 1.54) is 16.5 Å². The summed E-state index contributed by atoms with van der Waals surface area (Å²) in [5.41, 5.74) is 2.66. The van der Waals surface area contributed by atoms with Crippen molar-refractivity contribution in [3.8, 4) is 0 Å². The van der Waals surface area contributed by atoms with Gasteiger partial charge in [0.15, 0.2) is 0 Å². The number of fused-ring (bicyclic) bond motifs is 1. The Morgan fingerprint density at radius 2 is 2.10 bits per heavy atom. The smallest absolute Gasteiger partial charge is 0.222 e. The highest BCUT2D eigenvalue weighted by atomic mass is 16.3. The lowest BCUT2D eigenvalue weighted by Crippen LogP contribution is -2.39. The molecule has 0 saturated heterocycles. The van der Waals surface area contributed by atoms with E-state index in [9.17, 15) is 9.90 Å². The average Bonchev–Trinajstić information content (AvgIpc) is 2.78. The van der Waals surface area contributed by atoms with Gasteiger partial charge in [-0.2, -0.15) is 0 Å². The Bertz CT molecular complexity index is 638. The van der Waals surface area contributed by atoms with Crippen molar-refractivity contribution in [3.63, 3.8) is 0 Å². The van der Waals surface area contributed by atoms with E-state index in [1.807, 2.05) is 12.3 Å². The molecule has 2 N–H and O–H groups in total. The second-order valence-electron chi connectivity index (χ2n) is 6.37. The summed E-state index contributed by atoms with van der Waals surface area (Å²) in [4.78, 5) is 17.0. The third-order valence-corrected chi connectivity index (χ3v) is 3.67. The molecule has 2 aromatic rings. The monoisotopic (exact) mass is 288 g/mol. The zero-order valence-electron chi connectivity index (χ0n) is 13.2. The molecule has 4 heteroatoms. The second kappa shape index (κ2) is 5.90. The lowest BCUT2D eigenvalue weighted by molar-refractivity contribution is -0.132. The van der Waals surface area contributed by atoms with Crippen LogP contribution in [0.3, 0.4) is 0 Å². The fourth-order valence-corrected chi connectivity index (χ4v) is 2.67. The normalized spacial score (nSPS) is 11.9. The predicted molar refractivity (Wildman–Crippen MR) is 85.3 cm³/mol. The molecule has 1 aromatic carbocycles. The van der Waals surface area contributed by atoms with E-state index in [0.29, 0.717) is 19.4 Å². The van der Waals surface area contributed by atoms with Gasteiger partial charge in [0.25, 0.3) is 0 Å². The fourth-order valence-electron chi connectivity index (χ4n) is 2.67. The molecule has 0 radical (unpaired) electrons. The number of nitrogens with zero attached hydrogens (tertiary/aromatic N) is 1. The molecule has 0 fully saturated rings. The first-order chi connectivity index (χ1) is 9.78. The lowest BCUT2D eigenvalue weighted by atomic mass is 10.1. The molecule has 0 aliphatic heterocycles. The number of hydrogen-bond acceptors (Lipinski definition) is 2. The number of benzene rings is 1. The van der Waals surface area contributed by atoms with Gasteiger partial charge in [0.1, 0.15) is 0 Å². The highest BCUT2D eigenvalue weighted by molar-refractivity contribution is 5.86. The van der Waals surface area contributed by atoms with Crippen molar-refractivity contribution in [2.24, 2.45) is 0 Å². The standard InChI is InChI=1S/C17H24N2O2/c1-12-6-5-7-14-13(10-18-16(12)14)8-9-15(20)19(4)11-17(2,3)21/h5-7,10,18,21H,8-9,11H2,1-4H3. The fraction of sp³-hybridized carbons (Fsp3) is 0.471. The summed E-state index contributed by atoms with van der Waals surface area (Å²) in [6.45, 7) is 5.84. The molecule has 0 bridgehead atoms. The number of H-pyrrole nitrogens is 1. The zero-order valence-corrected chi connectivity index (χ0v) is 13.2. The Morgan fingerprint density at radius 3 is 2.76 bits per heavy atom. The van der Waals surface area contributed by atoms with Crippen LogP contribution in [0.2, 0.25) is 0 Å². The van der Waals surface area contributed by atoms with Crippen molar-refractivity contribution < 1.29 is 9.90 Å². The summed E-state index contributed by atoms with van der Waals surface area (Å²) in [6.07, 6.45) is 3.15. The molecule has 0 unspecified atom stereocenters. The van der Waals surface area contributed by atoms with E-state index >= 15 is 0 Å². The maximum absolute atomic E-state index is 12.1. The molecule has 21 heavy (non-hydrogen) atoms. The van der Waals surface area contributed by atoms with E-state index in [0.717, 1.165) is 5.52 Å². The first-order valence-corrected chi connectivity index (χ1v) is 7.30. The quantitative estimate of drug-likeness (QED) is 0.888. The number of para-hydroxylation sites is 1. The van der Waals surface area contributed by atoms with Crippen molar-refractivity contribution >= 4 is 16.8 Å². The number of hydrogen-bond donors (Lipinski definition) is 2. The Kier molecular flexibility index (Phi) is 4.37. The Morgan fingerprint density at radius 1 is 1.38 bits per heavy atom. The summed E-state index contributed by atoms with van der Waals surface area (Å²) >= 11 is 0. The van der Waals surface area contributed by atoms with Crippen molar-refractivity contribution in [1.29, 1.82) is 0 Å². The number of rotatable bonds is 5. The molecule has 4 nitrogen and oxygen atoms in total. The maximum atomic E-state index is 12.1. The van der Waals surface area contributed by atoms with Crippen LogP contribution in [-0.2, 0) is 11.2 Å². The highest BCUT2D eigenvalue weighted by Crippen LogP contribution is 2.22. The third-order valence-electron chi connectivity index (χ3n) is 3.67. The number of aromatic amines is 1. The van der Waals surface area contributed by atoms with Crippen LogP contribution >= 0.6 is 0 Å². The molecule has 0 aliphatic carbocycles. The van der Waals surface area contributed by atoms with Crippen molar-refractivity contribution in [1.82, 2.24) is 9.88 Å². The van der Waals surface area contributed by atoms with Gasteiger partial charge in [-0.05, 0) is 38.3 Å². The van der Waals surface area contributed by atoms with E-state index in [-0.39, 0.29) is 5.91 Å². The molecule has 114 valence electrons. The third kappa shape index (κ3) is 3.85. The van der Waals surface area contributed by atoms with Crippen LogP contribution in [0.25, 0.3) is 10.9 Å². The van der Waals surface area contributed by atoms with Gasteiger partial charge in [0, 0.05) is 37.1 Å². The number of carbonyl (C=O) groups is 1. The van der Waals surface area contributed by atoms with E-state index in [2.05, 4.69) is 24.0 Å². The van der Waals surface area contributed by atoms with Gasteiger partial charge in [0.05, 0.1) is 5.60 Å². The average molecular weight is 288 g/mol. The molecule has 1 aromatic heterocycles. The molecule has 1 heterocycles. The van der Waals surface area contributed by atoms with Gasteiger partial charge in [-0.3, -0.25) is 4.79 Å². The topological polar surface area (TPSA) is 56.3 Å². The van der Waals surface area contributed by atoms with Crippen molar-refractivity contribution in [3.05, 3.63) is 35.5 Å². The highest BCUT2D eigenvalue weighted by Gasteiger charge is 2.19. The van der Waals surface area contributed by atoms with Crippen LogP contribution in [0.15, 0.2) is 24.4 Å². The number of nitrogens with one attached hydrogen (secondary N) is 1. The molecule has 0 aliphatic rings.